The number of aromatic nitrogens is 5. The van der Waals surface area contributed by atoms with Crippen LogP contribution in [0, 0.1) is 16.7 Å². The number of likely N-dealkylation sites (tertiary alicyclic amines) is 2. The highest BCUT2D eigenvalue weighted by molar-refractivity contribution is 5.76. The fraction of sp³-hybridized carbons (Fsp3) is 0.720. The molecule has 1 spiro atoms. The third-order valence-corrected chi connectivity index (χ3v) is 10.1. The van der Waals surface area contributed by atoms with E-state index in [1.807, 2.05) is 9.80 Å². The highest BCUT2D eigenvalue weighted by atomic mass is 19.4. The van der Waals surface area contributed by atoms with Crippen LogP contribution in [0.15, 0.2) is 12.4 Å². The van der Waals surface area contributed by atoms with Crippen molar-refractivity contribution < 1.29 is 23.1 Å². The second kappa shape index (κ2) is 6.97. The summed E-state index contributed by atoms with van der Waals surface area (Å²) < 4.78 is 38.1. The maximum atomic E-state index is 13.0. The Morgan fingerprint density at radius 1 is 1.08 bits per heavy atom. The number of urea groups is 1. The summed E-state index contributed by atoms with van der Waals surface area (Å²) >= 11 is 0. The minimum absolute atomic E-state index is 0.0931. The van der Waals surface area contributed by atoms with Crippen molar-refractivity contribution in [3.8, 4) is 0 Å². The number of anilines is 1. The summed E-state index contributed by atoms with van der Waals surface area (Å²) in [6, 6.07) is 0.132. The van der Waals surface area contributed by atoms with Crippen LogP contribution in [-0.4, -0.2) is 77.8 Å². The maximum absolute atomic E-state index is 13.0. The van der Waals surface area contributed by atoms with Gasteiger partial charge in [0.2, 0.25) is 0 Å². The average molecular weight is 531 g/mol. The van der Waals surface area contributed by atoms with E-state index in [-0.39, 0.29) is 22.4 Å². The number of carbonyl (C=O) groups excluding carboxylic acids is 1. The molecule has 2 aromatic rings. The Balaban J connectivity index is 0.781. The fourth-order valence-corrected chi connectivity index (χ4v) is 7.81. The lowest BCUT2D eigenvalue weighted by atomic mass is 9.35. The van der Waals surface area contributed by atoms with Crippen LogP contribution < -0.4 is 5.32 Å². The van der Waals surface area contributed by atoms with E-state index in [9.17, 15) is 23.1 Å². The molecule has 0 aromatic carbocycles. The molecule has 0 radical (unpaired) electrons. The zero-order valence-corrected chi connectivity index (χ0v) is 20.8. The van der Waals surface area contributed by atoms with Crippen LogP contribution in [-0.2, 0) is 11.8 Å². The lowest BCUT2D eigenvalue weighted by Gasteiger charge is -2.75. The van der Waals surface area contributed by atoms with Crippen molar-refractivity contribution in [3.05, 3.63) is 29.7 Å². The first kappa shape index (κ1) is 23.0. The maximum Gasteiger partial charge on any atom is 0.434 e. The second-order valence-electron chi connectivity index (χ2n) is 13.0. The van der Waals surface area contributed by atoms with E-state index >= 15 is 0 Å². The largest absolute Gasteiger partial charge is 0.434 e. The molecule has 7 fully saturated rings. The fourth-order valence-electron chi connectivity index (χ4n) is 7.81. The summed E-state index contributed by atoms with van der Waals surface area (Å²) in [4.78, 5) is 28.8. The first-order valence-corrected chi connectivity index (χ1v) is 13.3. The van der Waals surface area contributed by atoms with Crippen LogP contribution in [0.5, 0.6) is 0 Å². The Labute approximate surface area is 216 Å². The van der Waals surface area contributed by atoms with E-state index in [1.165, 1.54) is 0 Å². The van der Waals surface area contributed by atoms with Crippen molar-refractivity contribution in [2.75, 3.05) is 31.5 Å². The number of nitrogens with zero attached hydrogens (tertiary/aromatic N) is 6. The predicted octanol–water partition coefficient (Wildman–Crippen LogP) is 2.86. The number of halogens is 3. The molecular formula is C25H29F3N8O2. The first-order chi connectivity index (χ1) is 18.0. The van der Waals surface area contributed by atoms with Crippen LogP contribution >= 0.6 is 0 Å². The zero-order valence-electron chi connectivity index (χ0n) is 20.8. The number of hydrogen-bond donors (Lipinski definition) is 3. The van der Waals surface area contributed by atoms with Crippen molar-refractivity contribution in [1.29, 1.82) is 0 Å². The van der Waals surface area contributed by atoms with Crippen LogP contribution in [0.1, 0.15) is 68.2 Å². The molecule has 3 N–H and O–H groups in total. The van der Waals surface area contributed by atoms with Gasteiger partial charge in [0.1, 0.15) is 17.2 Å². The molecular weight excluding hydrogens is 501 g/mol. The van der Waals surface area contributed by atoms with Gasteiger partial charge in [0, 0.05) is 49.0 Å². The molecule has 2 aromatic heterocycles. The van der Waals surface area contributed by atoms with E-state index in [2.05, 4.69) is 30.5 Å². The van der Waals surface area contributed by atoms with Gasteiger partial charge in [-0.2, -0.15) is 18.3 Å². The molecule has 10 nitrogen and oxygen atoms in total. The lowest BCUT2D eigenvalue weighted by Crippen LogP contribution is -2.78. The number of hydrogen-bond acceptors (Lipinski definition) is 7. The minimum atomic E-state index is -4.49. The summed E-state index contributed by atoms with van der Waals surface area (Å²) in [7, 11) is 0. The monoisotopic (exact) mass is 530 g/mol. The van der Waals surface area contributed by atoms with Gasteiger partial charge in [-0.15, -0.1) is 0 Å². The van der Waals surface area contributed by atoms with Gasteiger partial charge < -0.3 is 20.2 Å². The Kier molecular flexibility index (Phi) is 4.21. The topological polar surface area (TPSA) is 123 Å². The molecule has 0 atom stereocenters. The third-order valence-electron chi connectivity index (χ3n) is 10.1. The Bertz CT molecular complexity index is 1280. The predicted molar refractivity (Wildman–Crippen MR) is 126 cm³/mol. The van der Waals surface area contributed by atoms with Gasteiger partial charge in [0.05, 0.1) is 12.4 Å². The Hall–Kier alpha value is -2.96. The quantitative estimate of drug-likeness (QED) is 0.543. The van der Waals surface area contributed by atoms with E-state index in [0.29, 0.717) is 23.5 Å². The van der Waals surface area contributed by atoms with Crippen molar-refractivity contribution in [1.82, 2.24) is 34.9 Å². The molecule has 202 valence electrons. The number of H-pyrrole nitrogens is 1. The van der Waals surface area contributed by atoms with Crippen molar-refractivity contribution in [2.24, 2.45) is 16.7 Å². The van der Waals surface area contributed by atoms with Crippen LogP contribution in [0.4, 0.5) is 23.8 Å². The number of nitrogens with one attached hydrogen (secondary N) is 2. The highest BCUT2D eigenvalue weighted by Crippen LogP contribution is 2.72. The number of carbonyl (C=O) groups is 1. The summed E-state index contributed by atoms with van der Waals surface area (Å²) in [5.41, 5.74) is -1.46. The molecule has 5 saturated carbocycles. The molecule has 2 aliphatic heterocycles. The molecule has 7 aliphatic rings. The molecule has 2 amide bonds. The third kappa shape index (κ3) is 3.26. The SMILES string of the molecule is O=C(N1CC(C23CC(Nc4cnc(C(F)(F)F)cn4)(C2)C3)C1)N1CC2(CC(c3nc(C4(O)CC4)n[nH]3)C2)C1. The number of aliphatic hydroxyl groups is 1. The van der Waals surface area contributed by atoms with Crippen molar-refractivity contribution >= 4 is 11.8 Å². The van der Waals surface area contributed by atoms with Gasteiger partial charge in [-0.3, -0.25) is 5.10 Å². The van der Waals surface area contributed by atoms with Gasteiger partial charge in [-0.1, -0.05) is 0 Å². The minimum Gasteiger partial charge on any atom is -0.382 e. The van der Waals surface area contributed by atoms with E-state index in [1.54, 1.807) is 0 Å². The molecule has 38 heavy (non-hydrogen) atoms. The molecule has 5 aliphatic carbocycles. The van der Waals surface area contributed by atoms with E-state index in [4.69, 9.17) is 0 Å². The summed E-state index contributed by atoms with van der Waals surface area (Å²) in [6.45, 7) is 3.15. The number of aromatic amines is 1. The van der Waals surface area contributed by atoms with Crippen LogP contribution in [0.25, 0.3) is 0 Å². The number of amides is 2. The average Bonchev–Trinajstić information content (AvgIpc) is 3.28. The molecule has 2 bridgehead atoms. The van der Waals surface area contributed by atoms with Gasteiger partial charge in [0.25, 0.3) is 0 Å². The molecule has 13 heteroatoms. The van der Waals surface area contributed by atoms with Gasteiger partial charge in [-0.25, -0.2) is 19.7 Å². The zero-order chi connectivity index (χ0) is 26.1. The molecule has 2 saturated heterocycles. The first-order valence-electron chi connectivity index (χ1n) is 13.3. The second-order valence-corrected chi connectivity index (χ2v) is 13.0. The molecule has 4 heterocycles. The smallest absolute Gasteiger partial charge is 0.382 e. The van der Waals surface area contributed by atoms with Gasteiger partial charge >= 0.3 is 12.2 Å². The summed E-state index contributed by atoms with van der Waals surface area (Å²) in [5.74, 6) is 2.56. The van der Waals surface area contributed by atoms with Crippen molar-refractivity contribution in [2.45, 2.75) is 68.2 Å². The lowest BCUT2D eigenvalue weighted by molar-refractivity contribution is -0.190. The standard InChI is InChI=1S/C25H29F3N8O2/c26-25(27,28)16-5-30-17(6-29-16)32-23-9-22(10-23,11-23)15-7-35(8-15)20(37)36-12-21(13-36)3-14(4-21)18-31-19(34-33-18)24(38)1-2-24/h5-6,14-15,38H,1-4,7-13H2,(H,30,32)(H,31,33,34). The summed E-state index contributed by atoms with van der Waals surface area (Å²) in [6.07, 6.45) is 3.77. The van der Waals surface area contributed by atoms with E-state index in [0.717, 1.165) is 89.3 Å². The number of rotatable bonds is 5. The van der Waals surface area contributed by atoms with Crippen LogP contribution in [0.3, 0.4) is 0 Å². The molecule has 9 rings (SSSR count). The Morgan fingerprint density at radius 2 is 1.79 bits per heavy atom. The highest BCUT2D eigenvalue weighted by Gasteiger charge is 2.72. The van der Waals surface area contributed by atoms with Crippen molar-refractivity contribution in [3.63, 3.8) is 0 Å². The van der Waals surface area contributed by atoms with Gasteiger partial charge in [-0.05, 0) is 50.4 Å². The van der Waals surface area contributed by atoms with Crippen LogP contribution in [0.2, 0.25) is 0 Å². The normalized spacial score (nSPS) is 32.5. The van der Waals surface area contributed by atoms with E-state index < -0.39 is 17.5 Å². The molecule has 0 unspecified atom stereocenters. The van der Waals surface area contributed by atoms with Gasteiger partial charge in [0.15, 0.2) is 11.5 Å². The summed E-state index contributed by atoms with van der Waals surface area (Å²) in [5, 5.41) is 20.7. The number of alkyl halides is 3. The Morgan fingerprint density at radius 3 is 2.39 bits per heavy atom.